The summed E-state index contributed by atoms with van der Waals surface area (Å²) in [5.74, 6) is 0.467. The van der Waals surface area contributed by atoms with Gasteiger partial charge in [0.05, 0.1) is 6.61 Å². The Labute approximate surface area is 104 Å². The molecule has 0 heterocycles. The minimum atomic E-state index is 0.197. The molecule has 2 N–H and O–H groups in total. The zero-order chi connectivity index (χ0) is 12.3. The van der Waals surface area contributed by atoms with Crippen LogP contribution < -0.4 is 5.32 Å². The summed E-state index contributed by atoms with van der Waals surface area (Å²) in [6, 6.07) is 7.00. The van der Waals surface area contributed by atoms with Crippen molar-refractivity contribution in [2.45, 2.75) is 45.7 Å². The number of aliphatic hydroxyl groups is 1. The van der Waals surface area contributed by atoms with Crippen LogP contribution in [0.25, 0.3) is 0 Å². The van der Waals surface area contributed by atoms with Gasteiger partial charge in [0.1, 0.15) is 0 Å². The molecule has 94 valence electrons. The van der Waals surface area contributed by atoms with Crippen LogP contribution in [-0.2, 0) is 19.4 Å². The standard InChI is InChI=1S/C15H23NO/c1-11(2)15(10-17)16-9-12-6-7-13-4-3-5-14(13)8-12/h6-8,11,15-17H,3-5,9-10H2,1-2H3. The van der Waals surface area contributed by atoms with E-state index in [2.05, 4.69) is 37.4 Å². The molecule has 0 amide bonds. The number of hydrogen-bond acceptors (Lipinski definition) is 2. The molecular weight excluding hydrogens is 210 g/mol. The number of aliphatic hydroxyl groups excluding tert-OH is 1. The van der Waals surface area contributed by atoms with Crippen molar-refractivity contribution in [3.63, 3.8) is 0 Å². The Balaban J connectivity index is 1.95. The average Bonchev–Trinajstić information content (AvgIpc) is 2.76. The molecule has 0 saturated carbocycles. The smallest absolute Gasteiger partial charge is 0.0587 e. The molecule has 2 rings (SSSR count). The first-order chi connectivity index (χ1) is 8.20. The summed E-state index contributed by atoms with van der Waals surface area (Å²) in [5, 5.41) is 12.7. The second-order valence-electron chi connectivity index (χ2n) is 5.37. The molecule has 0 fully saturated rings. The number of aryl methyl sites for hydroxylation is 2. The van der Waals surface area contributed by atoms with Gasteiger partial charge in [-0.1, -0.05) is 32.0 Å². The van der Waals surface area contributed by atoms with Gasteiger partial charge in [-0.05, 0) is 41.9 Å². The van der Waals surface area contributed by atoms with E-state index in [0.717, 1.165) is 6.54 Å². The third-order valence-corrected chi connectivity index (χ3v) is 3.73. The highest BCUT2D eigenvalue weighted by molar-refractivity contribution is 5.35. The first-order valence-corrected chi connectivity index (χ1v) is 6.65. The van der Waals surface area contributed by atoms with Crippen LogP contribution in [0, 0.1) is 5.92 Å². The quantitative estimate of drug-likeness (QED) is 0.818. The maximum atomic E-state index is 9.27. The van der Waals surface area contributed by atoms with E-state index in [-0.39, 0.29) is 12.6 Å². The largest absolute Gasteiger partial charge is 0.395 e. The van der Waals surface area contributed by atoms with Crippen molar-refractivity contribution in [2.24, 2.45) is 5.92 Å². The second kappa shape index (κ2) is 5.65. The number of nitrogens with one attached hydrogen (secondary N) is 1. The fourth-order valence-corrected chi connectivity index (χ4v) is 2.50. The van der Waals surface area contributed by atoms with Gasteiger partial charge in [0, 0.05) is 12.6 Å². The van der Waals surface area contributed by atoms with Gasteiger partial charge < -0.3 is 10.4 Å². The topological polar surface area (TPSA) is 32.3 Å². The van der Waals surface area contributed by atoms with Crippen molar-refractivity contribution < 1.29 is 5.11 Å². The molecule has 1 aromatic carbocycles. The van der Waals surface area contributed by atoms with Crippen LogP contribution in [0.15, 0.2) is 18.2 Å². The van der Waals surface area contributed by atoms with Gasteiger partial charge in [-0.2, -0.15) is 0 Å². The predicted octanol–water partition coefficient (Wildman–Crippen LogP) is 2.28. The Hall–Kier alpha value is -0.860. The van der Waals surface area contributed by atoms with Crippen LogP contribution in [0.1, 0.15) is 37.0 Å². The van der Waals surface area contributed by atoms with Crippen LogP contribution in [-0.4, -0.2) is 17.8 Å². The molecule has 0 radical (unpaired) electrons. The lowest BCUT2D eigenvalue weighted by atomic mass is 10.0. The maximum Gasteiger partial charge on any atom is 0.0587 e. The van der Waals surface area contributed by atoms with Crippen LogP contribution in [0.3, 0.4) is 0 Å². The number of hydrogen-bond donors (Lipinski definition) is 2. The molecule has 2 nitrogen and oxygen atoms in total. The summed E-state index contributed by atoms with van der Waals surface area (Å²) in [6.45, 7) is 5.34. The number of fused-ring (bicyclic) bond motifs is 1. The Morgan fingerprint density at radius 2 is 2.00 bits per heavy atom. The summed E-state index contributed by atoms with van der Waals surface area (Å²) in [5.41, 5.74) is 4.38. The van der Waals surface area contributed by atoms with E-state index >= 15 is 0 Å². The third kappa shape index (κ3) is 3.08. The molecule has 1 aliphatic rings. The van der Waals surface area contributed by atoms with Gasteiger partial charge in [0.2, 0.25) is 0 Å². The summed E-state index contributed by atoms with van der Waals surface area (Å²) < 4.78 is 0. The van der Waals surface area contributed by atoms with Crippen molar-refractivity contribution in [2.75, 3.05) is 6.61 Å². The maximum absolute atomic E-state index is 9.27. The van der Waals surface area contributed by atoms with Gasteiger partial charge >= 0.3 is 0 Å². The SMILES string of the molecule is CC(C)C(CO)NCc1ccc2c(c1)CCC2. The lowest BCUT2D eigenvalue weighted by Gasteiger charge is -2.20. The van der Waals surface area contributed by atoms with Crippen molar-refractivity contribution in [1.29, 1.82) is 0 Å². The fraction of sp³-hybridized carbons (Fsp3) is 0.600. The van der Waals surface area contributed by atoms with E-state index in [1.165, 1.54) is 36.0 Å². The van der Waals surface area contributed by atoms with Crippen LogP contribution >= 0.6 is 0 Å². The molecule has 2 heteroatoms. The second-order valence-corrected chi connectivity index (χ2v) is 5.37. The van der Waals surface area contributed by atoms with E-state index in [4.69, 9.17) is 0 Å². The lowest BCUT2D eigenvalue weighted by Crippen LogP contribution is -2.36. The Kier molecular flexibility index (Phi) is 4.19. The molecular formula is C15H23NO. The number of rotatable bonds is 5. The molecule has 1 unspecified atom stereocenters. The molecule has 0 aromatic heterocycles. The van der Waals surface area contributed by atoms with Crippen molar-refractivity contribution in [1.82, 2.24) is 5.32 Å². The van der Waals surface area contributed by atoms with Crippen LogP contribution in [0.5, 0.6) is 0 Å². The zero-order valence-electron chi connectivity index (χ0n) is 10.9. The van der Waals surface area contributed by atoms with Crippen molar-refractivity contribution in [3.05, 3.63) is 34.9 Å². The Morgan fingerprint density at radius 1 is 1.24 bits per heavy atom. The Morgan fingerprint density at radius 3 is 2.71 bits per heavy atom. The molecule has 17 heavy (non-hydrogen) atoms. The van der Waals surface area contributed by atoms with Gasteiger partial charge in [0.25, 0.3) is 0 Å². The van der Waals surface area contributed by atoms with Crippen molar-refractivity contribution in [3.8, 4) is 0 Å². The highest BCUT2D eigenvalue weighted by Gasteiger charge is 2.13. The van der Waals surface area contributed by atoms with Gasteiger partial charge in [-0.15, -0.1) is 0 Å². The zero-order valence-corrected chi connectivity index (χ0v) is 10.9. The van der Waals surface area contributed by atoms with Crippen LogP contribution in [0.2, 0.25) is 0 Å². The van der Waals surface area contributed by atoms with Crippen molar-refractivity contribution >= 4 is 0 Å². The van der Waals surface area contributed by atoms with E-state index in [9.17, 15) is 5.11 Å². The molecule has 0 spiro atoms. The minimum absolute atomic E-state index is 0.197. The van der Waals surface area contributed by atoms with E-state index in [1.54, 1.807) is 0 Å². The first kappa shape index (κ1) is 12.6. The Bertz CT molecular complexity index is 373. The summed E-state index contributed by atoms with van der Waals surface area (Å²) in [6.07, 6.45) is 3.78. The third-order valence-electron chi connectivity index (χ3n) is 3.73. The van der Waals surface area contributed by atoms with E-state index < -0.39 is 0 Å². The molecule has 1 aromatic rings. The predicted molar refractivity (Wildman–Crippen MR) is 71.0 cm³/mol. The molecule has 0 aliphatic heterocycles. The fourth-order valence-electron chi connectivity index (χ4n) is 2.50. The summed E-state index contributed by atoms with van der Waals surface area (Å²) in [4.78, 5) is 0. The molecule has 0 bridgehead atoms. The average molecular weight is 233 g/mol. The molecule has 1 atom stereocenters. The van der Waals surface area contributed by atoms with E-state index in [1.807, 2.05) is 0 Å². The monoisotopic (exact) mass is 233 g/mol. The van der Waals surface area contributed by atoms with Gasteiger partial charge in [0.15, 0.2) is 0 Å². The lowest BCUT2D eigenvalue weighted by molar-refractivity contribution is 0.210. The first-order valence-electron chi connectivity index (χ1n) is 6.65. The van der Waals surface area contributed by atoms with E-state index in [0.29, 0.717) is 5.92 Å². The minimum Gasteiger partial charge on any atom is -0.395 e. The summed E-state index contributed by atoms with van der Waals surface area (Å²) in [7, 11) is 0. The van der Waals surface area contributed by atoms with Crippen LogP contribution in [0.4, 0.5) is 0 Å². The summed E-state index contributed by atoms with van der Waals surface area (Å²) >= 11 is 0. The number of benzene rings is 1. The highest BCUT2D eigenvalue weighted by Crippen LogP contribution is 2.22. The van der Waals surface area contributed by atoms with Gasteiger partial charge in [-0.25, -0.2) is 0 Å². The molecule has 1 aliphatic carbocycles. The normalized spacial score (nSPS) is 16.2. The van der Waals surface area contributed by atoms with Gasteiger partial charge in [-0.3, -0.25) is 0 Å². The highest BCUT2D eigenvalue weighted by atomic mass is 16.3. The molecule has 0 saturated heterocycles.